The van der Waals surface area contributed by atoms with Crippen LogP contribution in [-0.4, -0.2) is 39.9 Å². The van der Waals surface area contributed by atoms with Crippen LogP contribution in [0, 0.1) is 0 Å². The number of nitrogens with zero attached hydrogens (tertiary/aromatic N) is 8. The van der Waals surface area contributed by atoms with Gasteiger partial charge < -0.3 is 0 Å². The number of aromatic nitrogens is 8. The van der Waals surface area contributed by atoms with E-state index in [-0.39, 0.29) is 89.7 Å². The smallest absolute Gasteiger partial charge is 0.244 e. The van der Waals surface area contributed by atoms with Gasteiger partial charge in [0.05, 0.1) is 112 Å². The van der Waals surface area contributed by atoms with Crippen molar-refractivity contribution in [2.45, 2.75) is 37.5 Å². The molecule has 0 N–H and O–H groups in total. The third-order valence-corrected chi connectivity index (χ3v) is 18.2. The lowest BCUT2D eigenvalue weighted by Crippen LogP contribution is -2.09. The molecule has 16 rings (SSSR count). The fourth-order valence-corrected chi connectivity index (χ4v) is 13.3. The van der Waals surface area contributed by atoms with Crippen LogP contribution in [0.3, 0.4) is 0 Å². The molecule has 1 aliphatic rings. The largest absolute Gasteiger partial charge is 0.417 e. The minimum absolute atomic E-state index is 0.0155. The van der Waals surface area contributed by atoms with Crippen LogP contribution in [0.2, 0.25) is 0 Å². The summed E-state index contributed by atoms with van der Waals surface area (Å²) >= 11 is 0. The average molecular weight is 1400 g/mol. The molecule has 0 aliphatic heterocycles. The highest BCUT2D eigenvalue weighted by Crippen LogP contribution is 2.47. The van der Waals surface area contributed by atoms with Crippen molar-refractivity contribution in [2.24, 2.45) is 0 Å². The Morgan fingerprint density at radius 1 is 0.231 bits per heavy atom. The van der Waals surface area contributed by atoms with E-state index in [4.69, 9.17) is 39.9 Å². The van der Waals surface area contributed by atoms with Crippen LogP contribution in [0.5, 0.6) is 0 Å². The molecule has 4 heterocycles. The number of halogens is 12. The van der Waals surface area contributed by atoms with E-state index in [1.165, 1.54) is 78.9 Å². The fourth-order valence-electron chi connectivity index (χ4n) is 13.3. The van der Waals surface area contributed by atoms with E-state index in [1.54, 1.807) is 121 Å². The lowest BCUT2D eigenvalue weighted by atomic mass is 9.91. The fraction of sp³-hybridized carbons (Fsp3) is 0.0714. The van der Waals surface area contributed by atoms with Crippen LogP contribution in [-0.2, 0) is 24.7 Å². The van der Waals surface area contributed by atoms with Crippen molar-refractivity contribution in [1.82, 2.24) is 39.9 Å². The second-order valence-corrected chi connectivity index (χ2v) is 24.9. The third kappa shape index (κ3) is 12.7. The van der Waals surface area contributed by atoms with Gasteiger partial charge >= 0.3 is 24.7 Å². The molecule has 1 aliphatic carbocycles. The maximum absolute atomic E-state index is 16.0. The van der Waals surface area contributed by atoms with Gasteiger partial charge in [0.2, 0.25) is 0 Å². The summed E-state index contributed by atoms with van der Waals surface area (Å²) in [6.07, 6.45) is -12.5. The van der Waals surface area contributed by atoms with E-state index in [9.17, 15) is 26.3 Å². The molecule has 0 spiro atoms. The minimum atomic E-state index is -4.99. The lowest BCUT2D eigenvalue weighted by Gasteiger charge is -2.19. The van der Waals surface area contributed by atoms with E-state index in [1.807, 2.05) is 36.4 Å². The molecular formula is C84H48F12N8. The first kappa shape index (κ1) is 66.0. The van der Waals surface area contributed by atoms with Gasteiger partial charge in [-0.2, -0.15) is 52.7 Å². The Labute approximate surface area is 584 Å². The lowest BCUT2D eigenvalue weighted by molar-refractivity contribution is -0.138. The number of hydrogen-bond donors (Lipinski definition) is 0. The maximum Gasteiger partial charge on any atom is 0.417 e. The number of hydrogen-bond acceptors (Lipinski definition) is 8. The van der Waals surface area contributed by atoms with Crippen molar-refractivity contribution in [3.63, 3.8) is 0 Å². The summed E-state index contributed by atoms with van der Waals surface area (Å²) < 4.78 is 179. The summed E-state index contributed by atoms with van der Waals surface area (Å²) in [7, 11) is 0. The van der Waals surface area contributed by atoms with Crippen molar-refractivity contribution in [3.05, 3.63) is 295 Å². The molecule has 104 heavy (non-hydrogen) atoms. The van der Waals surface area contributed by atoms with Gasteiger partial charge in [0, 0.05) is 38.9 Å². The first-order valence-corrected chi connectivity index (χ1v) is 32.6. The highest BCUT2D eigenvalue weighted by molar-refractivity contribution is 5.96. The molecule has 15 aromatic rings. The first-order valence-electron chi connectivity index (χ1n) is 32.6. The Morgan fingerprint density at radius 2 is 0.587 bits per heavy atom. The van der Waals surface area contributed by atoms with Crippen molar-refractivity contribution in [1.29, 1.82) is 0 Å². The van der Waals surface area contributed by atoms with Gasteiger partial charge in [-0.25, -0.2) is 39.9 Å². The molecule has 0 radical (unpaired) electrons. The van der Waals surface area contributed by atoms with Gasteiger partial charge in [0.25, 0.3) is 0 Å². The van der Waals surface area contributed by atoms with Crippen LogP contribution in [0.1, 0.15) is 40.8 Å². The molecule has 11 aromatic carbocycles. The van der Waals surface area contributed by atoms with Crippen LogP contribution in [0.4, 0.5) is 52.7 Å². The van der Waals surface area contributed by atoms with Crippen molar-refractivity contribution in [3.8, 4) is 112 Å². The highest BCUT2D eigenvalue weighted by Gasteiger charge is 2.38. The van der Waals surface area contributed by atoms with Gasteiger partial charge in [-0.3, -0.25) is 0 Å². The molecule has 508 valence electrons. The Bertz CT molecular complexity index is 6010. The quantitative estimate of drug-likeness (QED) is 0.118. The van der Waals surface area contributed by atoms with Crippen LogP contribution in [0.15, 0.2) is 267 Å². The first-order chi connectivity index (χ1) is 50.0. The second kappa shape index (κ2) is 25.8. The van der Waals surface area contributed by atoms with E-state index in [0.29, 0.717) is 85.2 Å². The average Bonchev–Trinajstić information content (AvgIpc) is 0.764. The molecule has 0 amide bonds. The number of alkyl halides is 12. The Balaban J connectivity index is 0.785. The molecule has 0 saturated heterocycles. The van der Waals surface area contributed by atoms with Gasteiger partial charge in [0.15, 0.2) is 0 Å². The number of rotatable bonds is 11. The predicted octanol–water partition coefficient (Wildman–Crippen LogP) is 23.9. The van der Waals surface area contributed by atoms with Gasteiger partial charge in [-0.1, -0.05) is 182 Å². The molecule has 0 bridgehead atoms. The van der Waals surface area contributed by atoms with Gasteiger partial charge in [0.1, 0.15) is 0 Å². The number of allylic oxidation sites excluding steroid dienone is 4. The molecule has 0 fully saturated rings. The van der Waals surface area contributed by atoms with Crippen LogP contribution in [0.25, 0.3) is 162 Å². The van der Waals surface area contributed by atoms with Crippen LogP contribution < -0.4 is 0 Å². The van der Waals surface area contributed by atoms with E-state index in [0.717, 1.165) is 35.9 Å². The molecule has 20 heteroatoms. The van der Waals surface area contributed by atoms with Crippen molar-refractivity contribution < 1.29 is 52.7 Å². The molecule has 0 unspecified atom stereocenters. The number of fused-ring (bicyclic) bond motifs is 4. The topological polar surface area (TPSA) is 103 Å². The highest BCUT2D eigenvalue weighted by atomic mass is 19.4. The maximum atomic E-state index is 16.0. The summed E-state index contributed by atoms with van der Waals surface area (Å²) in [6.45, 7) is 0. The van der Waals surface area contributed by atoms with E-state index < -0.39 is 47.0 Å². The summed E-state index contributed by atoms with van der Waals surface area (Å²) in [5.41, 5.74) is 3.49. The van der Waals surface area contributed by atoms with E-state index in [2.05, 4.69) is 0 Å². The normalized spacial score (nSPS) is 12.9. The Kier molecular flexibility index (Phi) is 16.4. The second-order valence-electron chi connectivity index (χ2n) is 24.9. The van der Waals surface area contributed by atoms with Gasteiger partial charge in [-0.15, -0.1) is 0 Å². The zero-order valence-electron chi connectivity index (χ0n) is 53.9. The van der Waals surface area contributed by atoms with Crippen molar-refractivity contribution >= 4 is 49.7 Å². The Morgan fingerprint density at radius 3 is 1.05 bits per heavy atom. The third-order valence-electron chi connectivity index (χ3n) is 18.2. The van der Waals surface area contributed by atoms with Crippen LogP contribution >= 0.6 is 0 Å². The minimum Gasteiger partial charge on any atom is -0.244 e. The monoisotopic (exact) mass is 1400 g/mol. The van der Waals surface area contributed by atoms with Gasteiger partial charge in [-0.05, 0) is 137 Å². The molecule has 0 saturated carbocycles. The Hall–Kier alpha value is -12.6. The predicted molar refractivity (Wildman–Crippen MR) is 380 cm³/mol. The zero-order valence-corrected chi connectivity index (χ0v) is 53.9. The zero-order chi connectivity index (χ0) is 71.8. The summed E-state index contributed by atoms with van der Waals surface area (Å²) in [5, 5.41) is 0. The molecule has 4 aromatic heterocycles. The summed E-state index contributed by atoms with van der Waals surface area (Å²) in [6, 6.07) is 62.7. The van der Waals surface area contributed by atoms with E-state index >= 15 is 26.3 Å². The van der Waals surface area contributed by atoms with Crippen molar-refractivity contribution in [2.75, 3.05) is 0 Å². The molecule has 0 atom stereocenters. The standard InChI is InChI=1S/C84H48F12N8/c85-81(86,87)58-25-15-24-56(41-58)76-73(47-16-4-1-5-17-47)97-65-36-31-50(43-69(65)101-76)51-32-37-66-70(44-51)102-77(74(98-66)48-18-6-2-7-19-48)57-30-35-59(64(42-57)84(94,95)96)54-22-14-23-55(40-54)78-80(61-27-11-13-29-63(61)83(91,92)93)104-72-46-53(34-39-68(72)100-78)52-33-38-67-71(45-52)103-79(75(99-67)49-20-8-3-9-21-49)60-26-10-12-28-62(60)82(88,89)90/h1-6,8-18,20-46H,7,19H2. The number of benzene rings is 11. The summed E-state index contributed by atoms with van der Waals surface area (Å²) in [5.74, 6) is 0. The molecular weight excluding hydrogens is 1350 g/mol. The SMILES string of the molecule is FC(F)(F)c1cccc(-c2nc3cc(-c4ccc5nc(C6=CC=CCC6)c(-c6ccc(-c7cccc(-c8nc9ccc(-c%10ccc%11nc(-c%12ccccc%12)c(-c%12ccccc%12C(F)(F)F)nc%11c%10)cc9nc8-c8ccccc8C(F)(F)F)c7)c(C(F)(F)F)c6)nc5c4)ccc3nc2-c2ccccc2)c1. The molecule has 8 nitrogen and oxygen atoms in total. The summed E-state index contributed by atoms with van der Waals surface area (Å²) in [4.78, 5) is 39.5.